The Morgan fingerprint density at radius 3 is 2.55 bits per heavy atom. The van der Waals surface area contributed by atoms with E-state index in [0.29, 0.717) is 25.2 Å². The molecule has 1 fully saturated rings. The molecular weight excluding hydrogens is 392 g/mol. The summed E-state index contributed by atoms with van der Waals surface area (Å²) in [7, 11) is 0. The Morgan fingerprint density at radius 2 is 1.93 bits per heavy atom. The lowest BCUT2D eigenvalue weighted by molar-refractivity contribution is -0.135. The van der Waals surface area contributed by atoms with Gasteiger partial charge in [-0.25, -0.2) is 4.68 Å². The van der Waals surface area contributed by atoms with Gasteiger partial charge in [0, 0.05) is 32.6 Å². The van der Waals surface area contributed by atoms with Crippen molar-refractivity contribution in [2.24, 2.45) is 11.7 Å². The first-order valence-corrected chi connectivity index (χ1v) is 9.94. The third-order valence-electron chi connectivity index (χ3n) is 5.52. The van der Waals surface area contributed by atoms with Crippen LogP contribution in [0.4, 0.5) is 0 Å². The molecule has 9 heteroatoms. The van der Waals surface area contributed by atoms with E-state index in [1.165, 1.54) is 0 Å². The minimum absolute atomic E-state index is 0. The van der Waals surface area contributed by atoms with Crippen LogP contribution in [0, 0.1) is 5.92 Å². The molecule has 4 N–H and O–H groups in total. The number of hydrogen-bond donors (Lipinski definition) is 3. The summed E-state index contributed by atoms with van der Waals surface area (Å²) in [5.74, 6) is 0.518. The second-order valence-corrected chi connectivity index (χ2v) is 7.50. The number of aromatic hydroxyl groups is 1. The highest BCUT2D eigenvalue weighted by molar-refractivity contribution is 5.80. The second kappa shape index (κ2) is 10.6. The monoisotopic (exact) mass is 421 g/mol. The van der Waals surface area contributed by atoms with Crippen LogP contribution in [0.3, 0.4) is 0 Å². The van der Waals surface area contributed by atoms with Crippen molar-refractivity contribution < 1.29 is 22.3 Å². The Kier molecular flexibility index (Phi) is 8.43. The molecular formula is C20H30ClN6O2-. The highest BCUT2D eigenvalue weighted by Crippen LogP contribution is 2.23. The molecule has 1 unspecified atom stereocenters. The number of nitrogens with two attached hydrogens (primary N) is 1. The number of halogens is 1. The van der Waals surface area contributed by atoms with Crippen molar-refractivity contribution in [2.75, 3.05) is 26.2 Å². The average Bonchev–Trinajstić information content (AvgIpc) is 3.22. The summed E-state index contributed by atoms with van der Waals surface area (Å²) in [5.41, 5.74) is 7.96. The van der Waals surface area contributed by atoms with E-state index in [9.17, 15) is 9.90 Å². The van der Waals surface area contributed by atoms with Gasteiger partial charge in [-0.2, -0.15) is 0 Å². The SMILES string of the molecule is CCC(C)[C@H](N)c1cn([C@@H](Cc2ccc(O)cc2)C(=O)N2CCNCC2)nn1.[Cl-]. The predicted molar refractivity (Wildman–Crippen MR) is 107 cm³/mol. The molecule has 8 nitrogen and oxygen atoms in total. The molecule has 160 valence electrons. The van der Waals surface area contributed by atoms with Crippen LogP contribution in [0.2, 0.25) is 0 Å². The molecule has 2 aromatic rings. The number of piperazine rings is 1. The van der Waals surface area contributed by atoms with Crippen molar-refractivity contribution in [1.29, 1.82) is 0 Å². The van der Waals surface area contributed by atoms with Crippen molar-refractivity contribution >= 4 is 5.91 Å². The summed E-state index contributed by atoms with van der Waals surface area (Å²) in [6, 6.07) is 6.22. The van der Waals surface area contributed by atoms with Gasteiger partial charge in [0.2, 0.25) is 5.91 Å². The smallest absolute Gasteiger partial charge is 0.247 e. The summed E-state index contributed by atoms with van der Waals surface area (Å²) < 4.78 is 1.65. The summed E-state index contributed by atoms with van der Waals surface area (Å²) in [6.07, 6.45) is 3.23. The number of amides is 1. The maximum absolute atomic E-state index is 13.3. The van der Waals surface area contributed by atoms with Crippen molar-refractivity contribution in [3.05, 3.63) is 41.7 Å². The maximum Gasteiger partial charge on any atom is 0.247 e. The summed E-state index contributed by atoms with van der Waals surface area (Å²) in [6.45, 7) is 7.12. The van der Waals surface area contributed by atoms with Crippen LogP contribution in [-0.4, -0.2) is 57.1 Å². The fraction of sp³-hybridized carbons (Fsp3) is 0.550. The van der Waals surface area contributed by atoms with Gasteiger partial charge >= 0.3 is 0 Å². The standard InChI is InChI=1S/C20H30N6O2.ClH/c1-3-14(2)19(21)17-13-26(24-23-17)18(12-15-4-6-16(27)7-5-15)20(28)25-10-8-22-9-11-25;/h4-7,13-14,18-19,22,27H,3,8-12,21H2,1-2H3;1H/p-1/t14?,18-,19-;/m0./s1. The Morgan fingerprint density at radius 1 is 1.28 bits per heavy atom. The summed E-state index contributed by atoms with van der Waals surface area (Å²) in [5, 5.41) is 21.3. The molecule has 0 aliphatic carbocycles. The van der Waals surface area contributed by atoms with E-state index in [0.717, 1.165) is 25.1 Å². The highest BCUT2D eigenvalue weighted by atomic mass is 35.5. The van der Waals surface area contributed by atoms with Crippen LogP contribution in [0.5, 0.6) is 5.75 Å². The normalized spacial score (nSPS) is 17.3. The Balaban J connectivity index is 0.00000300. The third kappa shape index (κ3) is 5.68. The molecule has 0 spiro atoms. The van der Waals surface area contributed by atoms with E-state index in [-0.39, 0.29) is 36.0 Å². The minimum Gasteiger partial charge on any atom is -1.00 e. The Bertz CT molecular complexity index is 776. The quantitative estimate of drug-likeness (QED) is 0.489. The molecule has 1 amide bonds. The van der Waals surface area contributed by atoms with Gasteiger partial charge in [0.1, 0.15) is 11.8 Å². The second-order valence-electron chi connectivity index (χ2n) is 7.50. The zero-order valence-electron chi connectivity index (χ0n) is 17.0. The van der Waals surface area contributed by atoms with Crippen LogP contribution < -0.4 is 23.5 Å². The molecule has 2 heterocycles. The topological polar surface area (TPSA) is 109 Å². The van der Waals surface area contributed by atoms with Gasteiger partial charge in [0.25, 0.3) is 0 Å². The van der Waals surface area contributed by atoms with E-state index in [1.54, 1.807) is 16.8 Å². The molecule has 1 saturated heterocycles. The number of hydrogen-bond acceptors (Lipinski definition) is 6. The number of nitrogens with zero attached hydrogens (tertiary/aromatic N) is 4. The molecule has 0 bridgehead atoms. The van der Waals surface area contributed by atoms with Crippen molar-refractivity contribution in [2.45, 2.75) is 38.8 Å². The van der Waals surface area contributed by atoms with Gasteiger partial charge in [-0.15, -0.1) is 5.10 Å². The van der Waals surface area contributed by atoms with E-state index in [4.69, 9.17) is 5.73 Å². The molecule has 3 rings (SSSR count). The van der Waals surface area contributed by atoms with Crippen LogP contribution in [0.25, 0.3) is 0 Å². The van der Waals surface area contributed by atoms with Crippen LogP contribution in [0.1, 0.15) is 43.6 Å². The van der Waals surface area contributed by atoms with Crippen molar-refractivity contribution in [3.8, 4) is 5.75 Å². The summed E-state index contributed by atoms with van der Waals surface area (Å²) >= 11 is 0. The van der Waals surface area contributed by atoms with E-state index < -0.39 is 6.04 Å². The fourth-order valence-corrected chi connectivity index (χ4v) is 3.39. The molecule has 1 aliphatic heterocycles. The van der Waals surface area contributed by atoms with E-state index in [1.807, 2.05) is 23.2 Å². The highest BCUT2D eigenvalue weighted by Gasteiger charge is 2.29. The van der Waals surface area contributed by atoms with Gasteiger partial charge in [0.05, 0.1) is 17.9 Å². The number of nitrogens with one attached hydrogen (secondary N) is 1. The lowest BCUT2D eigenvalue weighted by Crippen LogP contribution is -3.00. The number of rotatable bonds is 7. The van der Waals surface area contributed by atoms with Gasteiger partial charge in [0.15, 0.2) is 0 Å². The summed E-state index contributed by atoms with van der Waals surface area (Å²) in [4.78, 5) is 15.1. The van der Waals surface area contributed by atoms with Gasteiger partial charge < -0.3 is 33.5 Å². The first-order valence-electron chi connectivity index (χ1n) is 9.94. The van der Waals surface area contributed by atoms with Crippen LogP contribution >= 0.6 is 0 Å². The predicted octanol–water partition coefficient (Wildman–Crippen LogP) is -1.75. The first-order chi connectivity index (χ1) is 13.5. The molecule has 0 radical (unpaired) electrons. The van der Waals surface area contributed by atoms with Crippen LogP contribution in [0.15, 0.2) is 30.5 Å². The number of phenolic OH excluding ortho intramolecular Hbond substituents is 1. The molecule has 0 saturated carbocycles. The lowest BCUT2D eigenvalue weighted by Gasteiger charge is -2.31. The number of aromatic nitrogens is 3. The largest absolute Gasteiger partial charge is 1.00 e. The van der Waals surface area contributed by atoms with E-state index in [2.05, 4.69) is 29.5 Å². The van der Waals surface area contributed by atoms with Gasteiger partial charge in [-0.3, -0.25) is 4.79 Å². The number of phenols is 1. The van der Waals surface area contributed by atoms with E-state index >= 15 is 0 Å². The number of carbonyl (C=O) groups excluding carboxylic acids is 1. The number of carbonyl (C=O) groups is 1. The minimum atomic E-state index is -0.493. The molecule has 1 aliphatic rings. The van der Waals surface area contributed by atoms with Gasteiger partial charge in [-0.05, 0) is 23.6 Å². The molecule has 29 heavy (non-hydrogen) atoms. The van der Waals surface area contributed by atoms with Crippen molar-refractivity contribution in [1.82, 2.24) is 25.2 Å². The fourth-order valence-electron chi connectivity index (χ4n) is 3.39. The van der Waals surface area contributed by atoms with Gasteiger partial charge in [-0.1, -0.05) is 37.6 Å². The number of benzene rings is 1. The average molecular weight is 422 g/mol. The zero-order valence-corrected chi connectivity index (χ0v) is 17.7. The van der Waals surface area contributed by atoms with Crippen molar-refractivity contribution in [3.63, 3.8) is 0 Å². The maximum atomic E-state index is 13.3. The zero-order chi connectivity index (χ0) is 20.1. The molecule has 3 atom stereocenters. The third-order valence-corrected chi connectivity index (χ3v) is 5.52. The molecule has 1 aromatic heterocycles. The Hall–Kier alpha value is -2.16. The first kappa shape index (κ1) is 23.1. The lowest BCUT2D eigenvalue weighted by atomic mass is 9.98. The molecule has 1 aromatic carbocycles. The van der Waals surface area contributed by atoms with Crippen LogP contribution in [-0.2, 0) is 11.2 Å². The Labute approximate surface area is 177 Å².